The summed E-state index contributed by atoms with van der Waals surface area (Å²) < 4.78 is 50.0. The Morgan fingerprint density at radius 3 is 2.45 bits per heavy atom. The van der Waals surface area contributed by atoms with Gasteiger partial charge in [0.2, 0.25) is 0 Å². The lowest BCUT2D eigenvalue weighted by Gasteiger charge is -2.42. The molecule has 1 saturated heterocycles. The molecule has 4 nitrogen and oxygen atoms in total. The molecule has 0 aliphatic carbocycles. The van der Waals surface area contributed by atoms with E-state index in [1.54, 1.807) is 20.3 Å². The van der Waals surface area contributed by atoms with E-state index < -0.39 is 11.7 Å². The van der Waals surface area contributed by atoms with E-state index in [2.05, 4.69) is 17.9 Å². The predicted octanol–water partition coefficient (Wildman–Crippen LogP) is 5.77. The highest BCUT2D eigenvalue weighted by atomic mass is 19.4. The molecule has 2 aromatic rings. The van der Waals surface area contributed by atoms with Crippen molar-refractivity contribution in [3.63, 3.8) is 0 Å². The van der Waals surface area contributed by atoms with Crippen molar-refractivity contribution < 1.29 is 22.6 Å². The van der Waals surface area contributed by atoms with E-state index in [4.69, 9.17) is 9.47 Å². The fraction of sp³-hybridized carbons (Fsp3) is 0.500. The van der Waals surface area contributed by atoms with Gasteiger partial charge in [-0.25, -0.2) is 0 Å². The topological polar surface area (TPSA) is 24.9 Å². The summed E-state index contributed by atoms with van der Waals surface area (Å²) in [6, 6.07) is 12.2. The number of piperidine rings is 1. The van der Waals surface area contributed by atoms with Gasteiger partial charge in [-0.1, -0.05) is 18.6 Å². The molecule has 7 heteroatoms. The van der Waals surface area contributed by atoms with E-state index in [0.29, 0.717) is 29.8 Å². The fourth-order valence-corrected chi connectivity index (χ4v) is 4.35. The van der Waals surface area contributed by atoms with E-state index in [-0.39, 0.29) is 6.04 Å². The normalized spacial score (nSPS) is 19.8. The molecule has 1 aliphatic rings. The maximum atomic E-state index is 13.1. The Hall–Kier alpha value is -2.41. The summed E-state index contributed by atoms with van der Waals surface area (Å²) >= 11 is 0. The smallest absolute Gasteiger partial charge is 0.416 e. The predicted molar refractivity (Wildman–Crippen MR) is 117 cm³/mol. The minimum Gasteiger partial charge on any atom is -0.493 e. The van der Waals surface area contributed by atoms with Gasteiger partial charge in [0.05, 0.1) is 19.8 Å². The number of halogens is 3. The molecule has 1 heterocycles. The number of alkyl halides is 3. The van der Waals surface area contributed by atoms with Crippen LogP contribution >= 0.6 is 0 Å². The Kier molecular flexibility index (Phi) is 7.36. The highest BCUT2D eigenvalue weighted by molar-refractivity contribution is 5.48. The Morgan fingerprint density at radius 2 is 1.77 bits per heavy atom. The van der Waals surface area contributed by atoms with Gasteiger partial charge < -0.3 is 14.4 Å². The van der Waals surface area contributed by atoms with Gasteiger partial charge in [0.15, 0.2) is 11.5 Å². The summed E-state index contributed by atoms with van der Waals surface area (Å²) in [7, 11) is 5.10. The molecule has 0 saturated carbocycles. The average Bonchev–Trinajstić information content (AvgIpc) is 2.77. The summed E-state index contributed by atoms with van der Waals surface area (Å²) in [5.74, 6) is 1.41. The number of likely N-dealkylation sites (tertiary alicyclic amines) is 1. The third-order valence-corrected chi connectivity index (χ3v) is 6.17. The van der Waals surface area contributed by atoms with Crippen LogP contribution in [0.15, 0.2) is 42.5 Å². The van der Waals surface area contributed by atoms with Crippen molar-refractivity contribution in [2.45, 2.75) is 44.4 Å². The van der Waals surface area contributed by atoms with Crippen LogP contribution in [-0.4, -0.2) is 45.3 Å². The third kappa shape index (κ3) is 5.45. The molecule has 1 unspecified atom stereocenters. The van der Waals surface area contributed by atoms with Crippen molar-refractivity contribution in [1.29, 1.82) is 0 Å². The molecular weight excluding hydrogens is 405 g/mol. The number of anilines is 1. The van der Waals surface area contributed by atoms with Gasteiger partial charge in [0.1, 0.15) is 0 Å². The lowest BCUT2D eigenvalue weighted by molar-refractivity contribution is -0.137. The molecule has 31 heavy (non-hydrogen) atoms. The van der Waals surface area contributed by atoms with Crippen molar-refractivity contribution >= 4 is 5.69 Å². The molecule has 0 N–H and O–H groups in total. The van der Waals surface area contributed by atoms with Crippen molar-refractivity contribution in [3.05, 3.63) is 53.6 Å². The van der Waals surface area contributed by atoms with Gasteiger partial charge in [0, 0.05) is 37.9 Å². The van der Waals surface area contributed by atoms with Crippen molar-refractivity contribution in [3.8, 4) is 11.5 Å². The van der Waals surface area contributed by atoms with E-state index in [9.17, 15) is 13.2 Å². The molecule has 2 aromatic carbocycles. The van der Waals surface area contributed by atoms with Crippen LogP contribution in [0.2, 0.25) is 0 Å². The Labute approximate surface area is 182 Å². The molecule has 3 rings (SSSR count). The zero-order chi connectivity index (χ0) is 22.6. The number of hydrogen-bond acceptors (Lipinski definition) is 4. The van der Waals surface area contributed by atoms with Crippen LogP contribution in [0, 0.1) is 0 Å². The van der Waals surface area contributed by atoms with Crippen molar-refractivity contribution in [1.82, 2.24) is 4.90 Å². The first kappa shape index (κ1) is 23.3. The SMILES string of the molecule is COc1ccc([C@H]2CCCC(C)N2CCN(C)c2cccc(C(F)(F)F)c2)cc1OC. The third-order valence-electron chi connectivity index (χ3n) is 6.17. The summed E-state index contributed by atoms with van der Waals surface area (Å²) in [5, 5.41) is 0. The van der Waals surface area contributed by atoms with Gasteiger partial charge in [-0.05, 0) is 55.7 Å². The highest BCUT2D eigenvalue weighted by Gasteiger charge is 2.31. The van der Waals surface area contributed by atoms with E-state index in [1.807, 2.05) is 24.1 Å². The second-order valence-corrected chi connectivity index (χ2v) is 8.12. The van der Waals surface area contributed by atoms with Crippen LogP contribution in [0.1, 0.15) is 43.4 Å². The molecule has 0 amide bonds. The second kappa shape index (κ2) is 9.81. The number of ether oxygens (including phenoxy) is 2. The zero-order valence-corrected chi connectivity index (χ0v) is 18.6. The molecular formula is C24H31F3N2O2. The lowest BCUT2D eigenvalue weighted by atomic mass is 9.91. The second-order valence-electron chi connectivity index (χ2n) is 8.12. The van der Waals surface area contributed by atoms with Gasteiger partial charge in [-0.2, -0.15) is 13.2 Å². The molecule has 170 valence electrons. The molecule has 0 bridgehead atoms. The quantitative estimate of drug-likeness (QED) is 0.550. The Bertz CT molecular complexity index is 872. The summed E-state index contributed by atoms with van der Waals surface area (Å²) in [5.41, 5.74) is 1.12. The highest BCUT2D eigenvalue weighted by Crippen LogP contribution is 2.38. The maximum absolute atomic E-state index is 13.1. The molecule has 0 radical (unpaired) electrons. The van der Waals surface area contributed by atoms with Crippen molar-refractivity contribution in [2.24, 2.45) is 0 Å². The summed E-state index contributed by atoms with van der Waals surface area (Å²) in [6.07, 6.45) is -1.05. The van der Waals surface area contributed by atoms with Gasteiger partial charge >= 0.3 is 6.18 Å². The number of rotatable bonds is 7. The monoisotopic (exact) mass is 436 g/mol. The number of benzene rings is 2. The lowest BCUT2D eigenvalue weighted by Crippen LogP contribution is -2.44. The number of likely N-dealkylation sites (N-methyl/N-ethyl adjacent to an activating group) is 1. The summed E-state index contributed by atoms with van der Waals surface area (Å²) in [4.78, 5) is 4.34. The van der Waals surface area contributed by atoms with Gasteiger partial charge in [-0.15, -0.1) is 0 Å². The number of hydrogen-bond donors (Lipinski definition) is 0. The minimum atomic E-state index is -4.34. The van der Waals surface area contributed by atoms with Gasteiger partial charge in [0.25, 0.3) is 0 Å². The van der Waals surface area contributed by atoms with E-state index in [0.717, 1.165) is 31.9 Å². The standard InChI is InChI=1S/C24H31F3N2O2/c1-17-7-5-10-21(18-11-12-22(30-3)23(15-18)31-4)29(17)14-13-28(2)20-9-6-8-19(16-20)24(25,26)27/h6,8-9,11-12,15-17,21H,5,7,10,13-14H2,1-4H3/t17?,21-/m1/s1. The van der Waals surface area contributed by atoms with Crippen LogP contribution in [0.5, 0.6) is 11.5 Å². The van der Waals surface area contributed by atoms with Crippen LogP contribution in [0.3, 0.4) is 0 Å². The van der Waals surface area contributed by atoms with E-state index in [1.165, 1.54) is 17.7 Å². The number of methoxy groups -OCH3 is 2. The number of nitrogens with zero attached hydrogens (tertiary/aromatic N) is 2. The maximum Gasteiger partial charge on any atom is 0.416 e. The van der Waals surface area contributed by atoms with Gasteiger partial charge in [-0.3, -0.25) is 4.90 Å². The van der Waals surface area contributed by atoms with E-state index >= 15 is 0 Å². The van der Waals surface area contributed by atoms with Crippen LogP contribution in [-0.2, 0) is 6.18 Å². The first-order chi connectivity index (χ1) is 14.7. The Balaban J connectivity index is 1.75. The zero-order valence-electron chi connectivity index (χ0n) is 18.6. The first-order valence-electron chi connectivity index (χ1n) is 10.6. The summed E-state index contributed by atoms with van der Waals surface area (Å²) in [6.45, 7) is 3.61. The molecule has 1 fully saturated rings. The average molecular weight is 437 g/mol. The van der Waals surface area contributed by atoms with Crippen LogP contribution in [0.4, 0.5) is 18.9 Å². The largest absolute Gasteiger partial charge is 0.493 e. The van der Waals surface area contributed by atoms with Crippen molar-refractivity contribution in [2.75, 3.05) is 39.3 Å². The minimum absolute atomic E-state index is 0.235. The molecule has 0 aromatic heterocycles. The molecule has 2 atom stereocenters. The van der Waals surface area contributed by atoms with Crippen LogP contribution in [0.25, 0.3) is 0 Å². The molecule has 1 aliphatic heterocycles. The first-order valence-corrected chi connectivity index (χ1v) is 10.6. The fourth-order valence-electron chi connectivity index (χ4n) is 4.35. The Morgan fingerprint density at radius 1 is 1.03 bits per heavy atom. The molecule has 0 spiro atoms. The van der Waals surface area contributed by atoms with Crippen LogP contribution < -0.4 is 14.4 Å².